The Bertz CT molecular complexity index is 993. The van der Waals surface area contributed by atoms with Crippen LogP contribution in [-0.2, 0) is 0 Å². The van der Waals surface area contributed by atoms with E-state index in [9.17, 15) is 20.0 Å². The Balaban J connectivity index is 2.24. The van der Waals surface area contributed by atoms with Crippen molar-refractivity contribution in [3.8, 4) is 22.7 Å². The normalized spacial score (nSPS) is 10.5. The van der Waals surface area contributed by atoms with Crippen molar-refractivity contribution in [1.82, 2.24) is 9.78 Å². The molecule has 0 aliphatic heterocycles. The highest BCUT2D eigenvalue weighted by Crippen LogP contribution is 2.33. The highest BCUT2D eigenvalue weighted by atomic mass is 16.6. The van der Waals surface area contributed by atoms with Crippen molar-refractivity contribution in [1.29, 1.82) is 0 Å². The average Bonchev–Trinajstić information content (AvgIpc) is 2.99. The number of carbonyl (C=O) groups is 1. The van der Waals surface area contributed by atoms with E-state index in [1.54, 1.807) is 44.4 Å². The molecule has 3 aromatic rings. The van der Waals surface area contributed by atoms with Crippen LogP contribution in [0.15, 0.2) is 48.5 Å². The van der Waals surface area contributed by atoms with E-state index in [2.05, 4.69) is 5.10 Å². The molecule has 0 saturated heterocycles. The number of aromatic carboxylic acids is 1. The van der Waals surface area contributed by atoms with Crippen LogP contribution in [0.5, 0.6) is 5.75 Å². The minimum Gasteiger partial charge on any atom is -0.497 e. The van der Waals surface area contributed by atoms with E-state index in [0.717, 1.165) is 0 Å². The van der Waals surface area contributed by atoms with Crippen molar-refractivity contribution >= 4 is 11.7 Å². The second-order valence-corrected chi connectivity index (χ2v) is 5.50. The third-order valence-corrected chi connectivity index (χ3v) is 4.00. The minimum absolute atomic E-state index is 0.0538. The molecule has 1 aromatic heterocycles. The number of hydrogen-bond acceptors (Lipinski definition) is 5. The first-order chi connectivity index (χ1) is 12.4. The van der Waals surface area contributed by atoms with Gasteiger partial charge in [-0.05, 0) is 37.3 Å². The van der Waals surface area contributed by atoms with Gasteiger partial charge in [0, 0.05) is 6.07 Å². The minimum atomic E-state index is -1.20. The number of rotatable bonds is 5. The zero-order valence-corrected chi connectivity index (χ0v) is 14.0. The first kappa shape index (κ1) is 17.2. The van der Waals surface area contributed by atoms with Gasteiger partial charge in [0.1, 0.15) is 17.0 Å². The third-order valence-electron chi connectivity index (χ3n) is 4.00. The Labute approximate surface area is 148 Å². The lowest BCUT2D eigenvalue weighted by Crippen LogP contribution is -2.02. The highest BCUT2D eigenvalue weighted by molar-refractivity contribution is 5.97. The molecule has 0 aliphatic rings. The summed E-state index contributed by atoms with van der Waals surface area (Å²) in [5.74, 6) is -0.550. The fraction of sp³-hybridized carbons (Fsp3) is 0.111. The molecule has 8 heteroatoms. The maximum Gasteiger partial charge on any atom is 0.339 e. The number of carboxylic acids is 1. The molecule has 3 rings (SSSR count). The molecule has 1 N–H and O–H groups in total. The number of nitrogens with zero attached hydrogens (tertiary/aromatic N) is 3. The van der Waals surface area contributed by atoms with Crippen LogP contribution >= 0.6 is 0 Å². The van der Waals surface area contributed by atoms with Gasteiger partial charge in [0.05, 0.1) is 29.0 Å². The molecule has 0 bridgehead atoms. The SMILES string of the molecule is COc1ccc(-n2nc(-c3ccccc3[N+](=O)[O-])c(C(=O)O)c2C)cc1. The molecular weight excluding hydrogens is 338 g/mol. The Hall–Kier alpha value is -3.68. The molecule has 26 heavy (non-hydrogen) atoms. The monoisotopic (exact) mass is 353 g/mol. The number of nitro groups is 1. The second-order valence-electron chi connectivity index (χ2n) is 5.50. The zero-order valence-electron chi connectivity index (χ0n) is 14.0. The van der Waals surface area contributed by atoms with Crippen LogP contribution in [-0.4, -0.2) is 32.9 Å². The van der Waals surface area contributed by atoms with Gasteiger partial charge >= 0.3 is 5.97 Å². The predicted octanol–water partition coefficient (Wildman–Crippen LogP) is 3.46. The van der Waals surface area contributed by atoms with Gasteiger partial charge in [-0.2, -0.15) is 5.10 Å². The van der Waals surface area contributed by atoms with Crippen molar-refractivity contribution in [2.24, 2.45) is 0 Å². The Kier molecular flexibility index (Phi) is 4.40. The Morgan fingerprint density at radius 3 is 2.42 bits per heavy atom. The fourth-order valence-electron chi connectivity index (χ4n) is 2.75. The van der Waals surface area contributed by atoms with Crippen molar-refractivity contribution in [2.45, 2.75) is 6.92 Å². The molecule has 0 radical (unpaired) electrons. The van der Waals surface area contributed by atoms with E-state index in [1.165, 1.54) is 22.9 Å². The van der Waals surface area contributed by atoms with Crippen LogP contribution in [0.4, 0.5) is 5.69 Å². The fourth-order valence-corrected chi connectivity index (χ4v) is 2.75. The lowest BCUT2D eigenvalue weighted by atomic mass is 10.0. The largest absolute Gasteiger partial charge is 0.497 e. The summed E-state index contributed by atoms with van der Waals surface area (Å²) < 4.78 is 6.57. The van der Waals surface area contributed by atoms with Gasteiger partial charge in [0.15, 0.2) is 0 Å². The van der Waals surface area contributed by atoms with Crippen molar-refractivity contribution in [3.05, 3.63) is 69.9 Å². The highest BCUT2D eigenvalue weighted by Gasteiger charge is 2.27. The molecule has 132 valence electrons. The van der Waals surface area contributed by atoms with Crippen LogP contribution in [0, 0.1) is 17.0 Å². The number of aromatic nitrogens is 2. The summed E-state index contributed by atoms with van der Waals surface area (Å²) in [4.78, 5) is 22.6. The van der Waals surface area contributed by atoms with Crippen LogP contribution in [0.3, 0.4) is 0 Å². The van der Waals surface area contributed by atoms with Crippen LogP contribution < -0.4 is 4.74 Å². The lowest BCUT2D eigenvalue weighted by molar-refractivity contribution is -0.384. The smallest absolute Gasteiger partial charge is 0.339 e. The van der Waals surface area contributed by atoms with E-state index >= 15 is 0 Å². The molecule has 0 unspecified atom stereocenters. The predicted molar refractivity (Wildman–Crippen MR) is 93.9 cm³/mol. The quantitative estimate of drug-likeness (QED) is 0.556. The van der Waals surface area contributed by atoms with E-state index in [-0.39, 0.29) is 22.5 Å². The number of para-hydroxylation sites is 1. The average molecular weight is 353 g/mol. The van der Waals surface area contributed by atoms with Gasteiger partial charge in [-0.1, -0.05) is 12.1 Å². The summed E-state index contributed by atoms with van der Waals surface area (Å²) in [6, 6.07) is 12.9. The molecule has 0 amide bonds. The van der Waals surface area contributed by atoms with Crippen LogP contribution in [0.2, 0.25) is 0 Å². The number of ether oxygens (including phenoxy) is 1. The van der Waals surface area contributed by atoms with Gasteiger partial charge in [0.25, 0.3) is 5.69 Å². The number of hydrogen-bond donors (Lipinski definition) is 1. The summed E-state index contributed by atoms with van der Waals surface area (Å²) in [6.45, 7) is 1.61. The summed E-state index contributed by atoms with van der Waals surface area (Å²) >= 11 is 0. The number of nitro benzene ring substituents is 1. The van der Waals surface area contributed by atoms with Crippen molar-refractivity contribution < 1.29 is 19.6 Å². The summed E-state index contributed by atoms with van der Waals surface area (Å²) in [7, 11) is 1.54. The summed E-state index contributed by atoms with van der Waals surface area (Å²) in [5.41, 5.74) is 0.930. The van der Waals surface area contributed by atoms with Gasteiger partial charge in [0.2, 0.25) is 0 Å². The first-order valence-electron chi connectivity index (χ1n) is 7.65. The van der Waals surface area contributed by atoms with Gasteiger partial charge in [-0.25, -0.2) is 9.48 Å². The van der Waals surface area contributed by atoms with Gasteiger partial charge in [-0.3, -0.25) is 10.1 Å². The molecule has 8 nitrogen and oxygen atoms in total. The topological polar surface area (TPSA) is 107 Å². The van der Waals surface area contributed by atoms with Crippen molar-refractivity contribution in [3.63, 3.8) is 0 Å². The van der Waals surface area contributed by atoms with Gasteiger partial charge in [-0.15, -0.1) is 0 Å². The summed E-state index contributed by atoms with van der Waals surface area (Å²) in [5, 5.41) is 25.3. The molecule has 0 aliphatic carbocycles. The Morgan fingerprint density at radius 1 is 1.19 bits per heavy atom. The molecule has 1 heterocycles. The zero-order chi connectivity index (χ0) is 18.8. The van der Waals surface area contributed by atoms with Crippen LogP contribution in [0.25, 0.3) is 16.9 Å². The molecule has 0 spiro atoms. The third kappa shape index (κ3) is 2.88. The van der Waals surface area contributed by atoms with E-state index in [4.69, 9.17) is 4.74 Å². The molecular formula is C18H15N3O5. The van der Waals surface area contributed by atoms with E-state index < -0.39 is 10.9 Å². The maximum atomic E-state index is 11.8. The molecule has 0 fully saturated rings. The maximum absolute atomic E-state index is 11.8. The standard InChI is InChI=1S/C18H15N3O5/c1-11-16(18(22)23)17(14-5-3-4-6-15(14)21(24)25)19-20(11)12-7-9-13(26-2)10-8-12/h3-10H,1-2H3,(H,22,23). The van der Waals surface area contributed by atoms with E-state index in [0.29, 0.717) is 17.1 Å². The van der Waals surface area contributed by atoms with Gasteiger partial charge < -0.3 is 9.84 Å². The number of methoxy groups -OCH3 is 1. The summed E-state index contributed by atoms with van der Waals surface area (Å²) in [6.07, 6.45) is 0. The second kappa shape index (κ2) is 6.67. The molecule has 0 atom stereocenters. The van der Waals surface area contributed by atoms with Crippen LogP contribution in [0.1, 0.15) is 16.1 Å². The lowest BCUT2D eigenvalue weighted by Gasteiger charge is -2.05. The number of benzene rings is 2. The van der Waals surface area contributed by atoms with E-state index in [1.807, 2.05) is 0 Å². The van der Waals surface area contributed by atoms with Crippen molar-refractivity contribution in [2.75, 3.05) is 7.11 Å². The number of carboxylic acid groups (broad SMARTS) is 1. The molecule has 0 saturated carbocycles. The Morgan fingerprint density at radius 2 is 1.85 bits per heavy atom. The molecule has 2 aromatic carbocycles. The first-order valence-corrected chi connectivity index (χ1v) is 7.65.